The van der Waals surface area contributed by atoms with Gasteiger partial charge in [0.05, 0.1) is 30.9 Å². The molecule has 7 heteroatoms. The molecule has 2 aromatic heterocycles. The van der Waals surface area contributed by atoms with E-state index in [0.717, 1.165) is 5.56 Å². The van der Waals surface area contributed by atoms with Crippen molar-refractivity contribution in [2.45, 2.75) is 20.4 Å². The molecule has 0 aliphatic carbocycles. The lowest BCUT2D eigenvalue weighted by Crippen LogP contribution is -2.26. The van der Waals surface area contributed by atoms with Crippen LogP contribution in [0.1, 0.15) is 27.3 Å². The number of aromatic nitrogens is 2. The van der Waals surface area contributed by atoms with Gasteiger partial charge in [-0.15, -0.1) is 0 Å². The highest BCUT2D eigenvalue weighted by molar-refractivity contribution is 6.05. The SMILES string of the molecule is COc1ccc(CN(C)C(=O)c2cc(C)nc3onc(C)c23)cc1OC. The van der Waals surface area contributed by atoms with Gasteiger partial charge in [-0.3, -0.25) is 4.79 Å². The predicted molar refractivity (Wildman–Crippen MR) is 96.6 cm³/mol. The summed E-state index contributed by atoms with van der Waals surface area (Å²) in [6.45, 7) is 4.04. The smallest absolute Gasteiger partial charge is 0.258 e. The highest BCUT2D eigenvalue weighted by Crippen LogP contribution is 2.28. The maximum Gasteiger partial charge on any atom is 0.258 e. The van der Waals surface area contributed by atoms with Crippen LogP contribution in [0.2, 0.25) is 0 Å². The molecule has 3 aromatic rings. The van der Waals surface area contributed by atoms with E-state index in [4.69, 9.17) is 14.0 Å². The number of aryl methyl sites for hydroxylation is 2. The summed E-state index contributed by atoms with van der Waals surface area (Å²) >= 11 is 0. The molecule has 0 N–H and O–H groups in total. The van der Waals surface area contributed by atoms with E-state index in [9.17, 15) is 4.79 Å². The number of nitrogens with zero attached hydrogens (tertiary/aromatic N) is 3. The van der Waals surface area contributed by atoms with Crippen molar-refractivity contribution < 1.29 is 18.8 Å². The molecule has 1 amide bonds. The van der Waals surface area contributed by atoms with E-state index in [-0.39, 0.29) is 5.91 Å². The number of benzene rings is 1. The molecule has 0 atom stereocenters. The second-order valence-electron chi connectivity index (χ2n) is 6.11. The largest absolute Gasteiger partial charge is 0.493 e. The van der Waals surface area contributed by atoms with Gasteiger partial charge in [-0.05, 0) is 37.6 Å². The standard InChI is InChI=1S/C19H21N3O4/c1-11-8-14(17-12(2)21-26-18(17)20-11)19(23)22(3)10-13-6-7-15(24-4)16(9-13)25-5/h6-9H,10H2,1-5H3. The Morgan fingerprint density at radius 3 is 2.58 bits per heavy atom. The lowest BCUT2D eigenvalue weighted by atomic mass is 10.1. The molecule has 136 valence electrons. The van der Waals surface area contributed by atoms with Crippen LogP contribution >= 0.6 is 0 Å². The normalized spacial score (nSPS) is 10.8. The number of amides is 1. The van der Waals surface area contributed by atoms with Gasteiger partial charge in [-0.25, -0.2) is 4.98 Å². The van der Waals surface area contributed by atoms with Gasteiger partial charge in [0, 0.05) is 19.3 Å². The van der Waals surface area contributed by atoms with E-state index in [0.29, 0.717) is 46.1 Å². The molecule has 0 saturated heterocycles. The van der Waals surface area contributed by atoms with Crippen molar-refractivity contribution in [3.63, 3.8) is 0 Å². The zero-order chi connectivity index (χ0) is 18.8. The van der Waals surface area contributed by atoms with E-state index in [1.54, 1.807) is 39.2 Å². The van der Waals surface area contributed by atoms with Crippen LogP contribution < -0.4 is 9.47 Å². The number of hydrogen-bond donors (Lipinski definition) is 0. The highest BCUT2D eigenvalue weighted by atomic mass is 16.5. The van der Waals surface area contributed by atoms with Crippen LogP contribution in [0.5, 0.6) is 11.5 Å². The van der Waals surface area contributed by atoms with Crippen molar-refractivity contribution in [2.24, 2.45) is 0 Å². The zero-order valence-electron chi connectivity index (χ0n) is 15.5. The first-order valence-electron chi connectivity index (χ1n) is 8.14. The number of carbonyl (C=O) groups is 1. The van der Waals surface area contributed by atoms with Crippen LogP contribution in [0.15, 0.2) is 28.8 Å². The van der Waals surface area contributed by atoms with Gasteiger partial charge in [0.2, 0.25) is 0 Å². The lowest BCUT2D eigenvalue weighted by Gasteiger charge is -2.19. The Hall–Kier alpha value is -3.09. The Labute approximate surface area is 151 Å². The third kappa shape index (κ3) is 3.20. The third-order valence-corrected chi connectivity index (χ3v) is 4.19. The number of carbonyl (C=O) groups excluding carboxylic acids is 1. The fourth-order valence-electron chi connectivity index (χ4n) is 2.92. The number of pyridine rings is 1. The molecular weight excluding hydrogens is 334 g/mol. The van der Waals surface area contributed by atoms with Crippen molar-refractivity contribution >= 4 is 17.0 Å². The molecule has 0 spiro atoms. The molecule has 0 saturated carbocycles. The number of methoxy groups -OCH3 is 2. The minimum Gasteiger partial charge on any atom is -0.493 e. The Morgan fingerprint density at radius 2 is 1.88 bits per heavy atom. The number of ether oxygens (including phenoxy) is 2. The van der Waals surface area contributed by atoms with E-state index < -0.39 is 0 Å². The van der Waals surface area contributed by atoms with E-state index in [1.165, 1.54) is 0 Å². The molecule has 1 aromatic carbocycles. The molecule has 26 heavy (non-hydrogen) atoms. The molecule has 0 aliphatic rings. The fourth-order valence-corrected chi connectivity index (χ4v) is 2.92. The molecule has 0 aliphatic heterocycles. The quantitative estimate of drug-likeness (QED) is 0.700. The van der Waals surface area contributed by atoms with Crippen molar-refractivity contribution in [1.29, 1.82) is 0 Å². The molecule has 0 fully saturated rings. The van der Waals surface area contributed by atoms with Gasteiger partial charge in [0.25, 0.3) is 11.6 Å². The van der Waals surface area contributed by atoms with Gasteiger partial charge in [-0.2, -0.15) is 0 Å². The second kappa shape index (κ2) is 7.03. The van der Waals surface area contributed by atoms with Gasteiger partial charge in [-0.1, -0.05) is 11.2 Å². The highest BCUT2D eigenvalue weighted by Gasteiger charge is 2.21. The van der Waals surface area contributed by atoms with Gasteiger partial charge < -0.3 is 18.9 Å². The predicted octanol–water partition coefficient (Wildman–Crippen LogP) is 3.13. The first kappa shape index (κ1) is 17.7. The van der Waals surface area contributed by atoms with E-state index in [1.807, 2.05) is 25.1 Å². The van der Waals surface area contributed by atoms with Crippen LogP contribution in [0.3, 0.4) is 0 Å². The van der Waals surface area contributed by atoms with Crippen LogP contribution in [0.4, 0.5) is 0 Å². The molecule has 7 nitrogen and oxygen atoms in total. The van der Waals surface area contributed by atoms with Gasteiger partial charge in [0.15, 0.2) is 11.5 Å². The van der Waals surface area contributed by atoms with Crippen LogP contribution in [-0.2, 0) is 6.54 Å². The minimum atomic E-state index is -0.124. The summed E-state index contributed by atoms with van der Waals surface area (Å²) in [7, 11) is 4.93. The maximum absolute atomic E-state index is 13.0. The minimum absolute atomic E-state index is 0.124. The number of hydrogen-bond acceptors (Lipinski definition) is 6. The average molecular weight is 355 g/mol. The fraction of sp³-hybridized carbons (Fsp3) is 0.316. The molecule has 0 bridgehead atoms. The van der Waals surface area contributed by atoms with E-state index in [2.05, 4.69) is 10.1 Å². The van der Waals surface area contributed by atoms with Gasteiger partial charge >= 0.3 is 0 Å². The second-order valence-corrected chi connectivity index (χ2v) is 6.11. The molecule has 2 heterocycles. The number of fused-ring (bicyclic) bond motifs is 1. The molecule has 0 unspecified atom stereocenters. The zero-order valence-corrected chi connectivity index (χ0v) is 15.5. The Bertz CT molecular complexity index is 965. The average Bonchev–Trinajstić information content (AvgIpc) is 3.00. The number of rotatable bonds is 5. The summed E-state index contributed by atoms with van der Waals surface area (Å²) in [5, 5.41) is 4.58. The Morgan fingerprint density at radius 1 is 1.15 bits per heavy atom. The summed E-state index contributed by atoms with van der Waals surface area (Å²) < 4.78 is 15.8. The topological polar surface area (TPSA) is 77.7 Å². The van der Waals surface area contributed by atoms with Crippen LogP contribution in [-0.4, -0.2) is 42.2 Å². The maximum atomic E-state index is 13.0. The van der Waals surface area contributed by atoms with Crippen molar-refractivity contribution in [3.8, 4) is 11.5 Å². The first-order chi connectivity index (χ1) is 12.4. The summed E-state index contributed by atoms with van der Waals surface area (Å²) in [5.74, 6) is 1.15. The Balaban J connectivity index is 1.90. The van der Waals surface area contributed by atoms with Crippen molar-refractivity contribution in [2.75, 3.05) is 21.3 Å². The van der Waals surface area contributed by atoms with Crippen LogP contribution in [0.25, 0.3) is 11.1 Å². The molecule has 0 radical (unpaired) electrons. The van der Waals surface area contributed by atoms with Crippen LogP contribution in [0, 0.1) is 13.8 Å². The Kier molecular flexibility index (Phi) is 4.79. The summed E-state index contributed by atoms with van der Waals surface area (Å²) in [6, 6.07) is 7.36. The van der Waals surface area contributed by atoms with Crippen molar-refractivity contribution in [1.82, 2.24) is 15.0 Å². The lowest BCUT2D eigenvalue weighted by molar-refractivity contribution is 0.0786. The molecular formula is C19H21N3O4. The third-order valence-electron chi connectivity index (χ3n) is 4.19. The van der Waals surface area contributed by atoms with E-state index >= 15 is 0 Å². The summed E-state index contributed by atoms with van der Waals surface area (Å²) in [6.07, 6.45) is 0. The first-order valence-corrected chi connectivity index (χ1v) is 8.14. The van der Waals surface area contributed by atoms with Crippen molar-refractivity contribution in [3.05, 3.63) is 46.8 Å². The van der Waals surface area contributed by atoms with Gasteiger partial charge in [0.1, 0.15) is 0 Å². The summed E-state index contributed by atoms with van der Waals surface area (Å²) in [5.41, 5.74) is 3.20. The monoisotopic (exact) mass is 355 g/mol. The molecule has 3 rings (SSSR count). The summed E-state index contributed by atoms with van der Waals surface area (Å²) in [4.78, 5) is 19.0.